The number of carbonyl (C=O) groups excluding carboxylic acids is 1. The van der Waals surface area contributed by atoms with Gasteiger partial charge in [0.2, 0.25) is 0 Å². The number of rotatable bonds is 2. The van der Waals surface area contributed by atoms with Gasteiger partial charge in [-0.25, -0.2) is 0 Å². The lowest BCUT2D eigenvalue weighted by Crippen LogP contribution is -2.37. The molecular formula is C11H16N2O3. The highest BCUT2D eigenvalue weighted by molar-refractivity contribution is 6.00. The molecule has 0 aromatic rings. The minimum atomic E-state index is -0.269. The maximum Gasteiger partial charge on any atom is 0.192 e. The minimum absolute atomic E-state index is 0.0865. The standard InChI is InChI=1S/C11H16N2O3/c1-13(2)6-3-4-7-8(5-6)11(15)9(12-16)10(7)14/h6-8,15H,3-5H2,1-2H3. The fourth-order valence-electron chi connectivity index (χ4n) is 2.80. The maximum absolute atomic E-state index is 11.7. The zero-order valence-electron chi connectivity index (χ0n) is 9.51. The number of carbonyl (C=O) groups is 1. The van der Waals surface area contributed by atoms with Crippen molar-refractivity contribution in [2.24, 2.45) is 17.0 Å². The number of aliphatic hydroxyl groups is 1. The Balaban J connectivity index is 2.22. The van der Waals surface area contributed by atoms with Gasteiger partial charge in [0, 0.05) is 17.9 Å². The average Bonchev–Trinajstić information content (AvgIpc) is 2.51. The molecule has 0 aliphatic heterocycles. The highest BCUT2D eigenvalue weighted by Gasteiger charge is 2.46. The zero-order valence-corrected chi connectivity index (χ0v) is 9.51. The van der Waals surface area contributed by atoms with E-state index in [1.165, 1.54) is 0 Å². The van der Waals surface area contributed by atoms with Crippen molar-refractivity contribution in [1.82, 2.24) is 4.90 Å². The van der Waals surface area contributed by atoms with Crippen LogP contribution in [0.3, 0.4) is 0 Å². The van der Waals surface area contributed by atoms with Crippen LogP contribution >= 0.6 is 0 Å². The number of hydrogen-bond acceptors (Lipinski definition) is 5. The number of fused-ring (bicyclic) bond motifs is 1. The molecule has 5 heteroatoms. The van der Waals surface area contributed by atoms with Crippen LogP contribution in [0, 0.1) is 16.7 Å². The summed E-state index contributed by atoms with van der Waals surface area (Å²) in [6.45, 7) is 0. The van der Waals surface area contributed by atoms with Gasteiger partial charge in [-0.15, -0.1) is 4.91 Å². The summed E-state index contributed by atoms with van der Waals surface area (Å²) in [5, 5.41) is 12.5. The summed E-state index contributed by atoms with van der Waals surface area (Å²) in [6.07, 6.45) is 2.39. The molecule has 3 atom stereocenters. The van der Waals surface area contributed by atoms with Crippen LogP contribution in [0.5, 0.6) is 0 Å². The Morgan fingerprint density at radius 1 is 1.31 bits per heavy atom. The van der Waals surface area contributed by atoms with Gasteiger partial charge >= 0.3 is 0 Å². The molecule has 2 aliphatic rings. The molecule has 0 bridgehead atoms. The van der Waals surface area contributed by atoms with Crippen LogP contribution in [0.2, 0.25) is 0 Å². The molecular weight excluding hydrogens is 208 g/mol. The van der Waals surface area contributed by atoms with Crippen LogP contribution in [0.1, 0.15) is 19.3 Å². The summed E-state index contributed by atoms with van der Waals surface area (Å²) in [5.74, 6) is -0.767. The molecule has 1 fully saturated rings. The topological polar surface area (TPSA) is 70.0 Å². The van der Waals surface area contributed by atoms with Crippen molar-refractivity contribution in [3.05, 3.63) is 16.4 Å². The smallest absolute Gasteiger partial charge is 0.192 e. The van der Waals surface area contributed by atoms with Gasteiger partial charge in [-0.1, -0.05) is 0 Å². The number of nitrogens with zero attached hydrogens (tertiary/aromatic N) is 2. The highest BCUT2D eigenvalue weighted by Crippen LogP contribution is 2.43. The molecule has 2 aliphatic carbocycles. The first-order valence-electron chi connectivity index (χ1n) is 5.53. The molecule has 5 nitrogen and oxygen atoms in total. The molecule has 3 unspecified atom stereocenters. The van der Waals surface area contributed by atoms with Gasteiger partial charge in [-0.2, -0.15) is 0 Å². The molecule has 0 radical (unpaired) electrons. The minimum Gasteiger partial charge on any atom is -0.509 e. The van der Waals surface area contributed by atoms with Crippen molar-refractivity contribution >= 4 is 5.78 Å². The Bertz CT molecular complexity index is 362. The monoisotopic (exact) mass is 224 g/mol. The normalized spacial score (nSPS) is 34.4. The predicted molar refractivity (Wildman–Crippen MR) is 58.8 cm³/mol. The summed E-state index contributed by atoms with van der Waals surface area (Å²) in [5.41, 5.74) is -0.241. The Morgan fingerprint density at radius 2 is 2.00 bits per heavy atom. The molecule has 0 saturated heterocycles. The van der Waals surface area contributed by atoms with Gasteiger partial charge < -0.3 is 10.0 Å². The van der Waals surface area contributed by atoms with Crippen molar-refractivity contribution in [1.29, 1.82) is 0 Å². The van der Waals surface area contributed by atoms with Gasteiger partial charge in [-0.05, 0) is 38.5 Å². The second-order valence-corrected chi connectivity index (χ2v) is 4.83. The van der Waals surface area contributed by atoms with Crippen LogP contribution in [0.25, 0.3) is 0 Å². The van der Waals surface area contributed by atoms with Gasteiger partial charge in [0.25, 0.3) is 0 Å². The maximum atomic E-state index is 11.7. The van der Waals surface area contributed by atoms with E-state index in [0.717, 1.165) is 19.3 Å². The first kappa shape index (κ1) is 11.3. The zero-order chi connectivity index (χ0) is 11.9. The molecule has 1 saturated carbocycles. The number of hydrogen-bond donors (Lipinski definition) is 1. The SMILES string of the molecule is CN(C)C1CCC2C(=O)C(N=O)=C(O)C2C1. The Morgan fingerprint density at radius 3 is 2.56 bits per heavy atom. The quantitative estimate of drug-likeness (QED) is 0.721. The van der Waals surface area contributed by atoms with Gasteiger partial charge in [0.15, 0.2) is 11.5 Å². The van der Waals surface area contributed by atoms with E-state index in [4.69, 9.17) is 0 Å². The van der Waals surface area contributed by atoms with Crippen LogP contribution in [0.4, 0.5) is 0 Å². The Labute approximate surface area is 94.1 Å². The van der Waals surface area contributed by atoms with Crippen molar-refractivity contribution in [3.63, 3.8) is 0 Å². The second-order valence-electron chi connectivity index (χ2n) is 4.83. The Kier molecular flexibility index (Phi) is 2.80. The molecule has 2 rings (SSSR count). The molecule has 88 valence electrons. The average molecular weight is 224 g/mol. The predicted octanol–water partition coefficient (Wildman–Crippen LogP) is 1.45. The van der Waals surface area contributed by atoms with Gasteiger partial charge in [-0.3, -0.25) is 4.79 Å². The second kappa shape index (κ2) is 3.97. The molecule has 0 aromatic carbocycles. The molecule has 16 heavy (non-hydrogen) atoms. The van der Waals surface area contributed by atoms with Crippen molar-refractivity contribution < 1.29 is 9.90 Å². The van der Waals surface area contributed by atoms with Gasteiger partial charge in [0.1, 0.15) is 5.76 Å². The summed E-state index contributed by atoms with van der Waals surface area (Å²) >= 11 is 0. The third kappa shape index (κ3) is 1.55. The van der Waals surface area contributed by atoms with E-state index in [9.17, 15) is 14.8 Å². The van der Waals surface area contributed by atoms with Crippen molar-refractivity contribution in [3.8, 4) is 0 Å². The van der Waals surface area contributed by atoms with Gasteiger partial charge in [0.05, 0.1) is 0 Å². The summed E-state index contributed by atoms with van der Waals surface area (Å²) in [7, 11) is 3.98. The van der Waals surface area contributed by atoms with E-state index < -0.39 is 0 Å². The lowest BCUT2D eigenvalue weighted by molar-refractivity contribution is -0.120. The summed E-state index contributed by atoms with van der Waals surface area (Å²) < 4.78 is 0. The van der Waals surface area contributed by atoms with Crippen LogP contribution in [-0.4, -0.2) is 35.9 Å². The van der Waals surface area contributed by atoms with E-state index in [1.54, 1.807) is 0 Å². The largest absolute Gasteiger partial charge is 0.509 e. The molecule has 0 spiro atoms. The van der Waals surface area contributed by atoms with E-state index in [0.29, 0.717) is 6.04 Å². The Hall–Kier alpha value is -1.23. The van der Waals surface area contributed by atoms with Crippen LogP contribution in [0.15, 0.2) is 16.6 Å². The molecule has 0 amide bonds. The molecule has 0 aromatic heterocycles. The number of nitroso groups, excluding NO2 is 1. The van der Waals surface area contributed by atoms with E-state index in [2.05, 4.69) is 10.1 Å². The molecule has 0 heterocycles. The highest BCUT2D eigenvalue weighted by atomic mass is 16.3. The van der Waals surface area contributed by atoms with E-state index in [-0.39, 0.29) is 29.1 Å². The number of aliphatic hydroxyl groups excluding tert-OH is 1. The first-order valence-corrected chi connectivity index (χ1v) is 5.53. The third-order valence-electron chi connectivity index (χ3n) is 3.81. The number of allylic oxidation sites excluding steroid dienone is 2. The lowest BCUT2D eigenvalue weighted by atomic mass is 9.77. The third-order valence-corrected chi connectivity index (χ3v) is 3.81. The van der Waals surface area contributed by atoms with Crippen LogP contribution in [-0.2, 0) is 4.79 Å². The fraction of sp³-hybridized carbons (Fsp3) is 0.727. The van der Waals surface area contributed by atoms with E-state index in [1.807, 2.05) is 14.1 Å². The number of ketones is 1. The first-order chi connectivity index (χ1) is 7.56. The molecule has 1 N–H and O–H groups in total. The lowest BCUT2D eigenvalue weighted by Gasteiger charge is -2.34. The van der Waals surface area contributed by atoms with E-state index >= 15 is 0 Å². The van der Waals surface area contributed by atoms with Crippen molar-refractivity contribution in [2.45, 2.75) is 25.3 Å². The fourth-order valence-corrected chi connectivity index (χ4v) is 2.80. The summed E-state index contributed by atoms with van der Waals surface area (Å²) in [4.78, 5) is 24.3. The number of Topliss-reactive ketones (excluding diaryl/α,β-unsaturated/α-hetero) is 1. The van der Waals surface area contributed by atoms with Crippen LogP contribution < -0.4 is 0 Å². The summed E-state index contributed by atoms with van der Waals surface area (Å²) in [6, 6.07) is 0.363. The van der Waals surface area contributed by atoms with Crippen molar-refractivity contribution in [2.75, 3.05) is 14.1 Å².